The number of imide groups is 1. The highest BCUT2D eigenvalue weighted by Gasteiger charge is 2.29. The van der Waals surface area contributed by atoms with Crippen molar-refractivity contribution in [3.63, 3.8) is 0 Å². The molecule has 1 N–H and O–H groups in total. The summed E-state index contributed by atoms with van der Waals surface area (Å²) in [6.07, 6.45) is 0.984. The third-order valence-electron chi connectivity index (χ3n) is 3.64. The van der Waals surface area contributed by atoms with Gasteiger partial charge in [-0.05, 0) is 30.0 Å². The molecule has 1 fully saturated rings. The molecule has 130 valence electrons. The summed E-state index contributed by atoms with van der Waals surface area (Å²) in [6, 6.07) is 7.96. The second-order valence-corrected chi connectivity index (χ2v) is 5.32. The van der Waals surface area contributed by atoms with Crippen LogP contribution in [-0.4, -0.2) is 24.9 Å². The van der Waals surface area contributed by atoms with Gasteiger partial charge in [0.25, 0.3) is 0 Å². The van der Waals surface area contributed by atoms with E-state index in [1.807, 2.05) is 51.8 Å². The van der Waals surface area contributed by atoms with Crippen molar-refractivity contribution in [2.75, 3.05) is 11.9 Å². The first-order valence-corrected chi connectivity index (χ1v) is 8.65. The Morgan fingerprint density at radius 2 is 1.57 bits per heavy atom. The molecule has 23 heavy (non-hydrogen) atoms. The molecule has 4 heteroatoms. The topological polar surface area (TPSA) is 49.4 Å². The van der Waals surface area contributed by atoms with E-state index in [1.54, 1.807) is 0 Å². The van der Waals surface area contributed by atoms with Crippen LogP contribution in [0.2, 0.25) is 0 Å². The summed E-state index contributed by atoms with van der Waals surface area (Å²) in [7, 11) is 1.89. The Labute approximate surface area is 141 Å². The molecule has 1 heterocycles. The van der Waals surface area contributed by atoms with Crippen molar-refractivity contribution in [2.24, 2.45) is 0 Å². The second kappa shape index (κ2) is 10.8. The molecule has 4 nitrogen and oxygen atoms in total. The number of carbonyl (C=O) groups is 2. The third-order valence-corrected chi connectivity index (χ3v) is 3.64. The van der Waals surface area contributed by atoms with Gasteiger partial charge in [-0.3, -0.25) is 14.9 Å². The van der Waals surface area contributed by atoms with Gasteiger partial charge in [0.2, 0.25) is 11.8 Å². The molecular formula is C19H32N2O2. The van der Waals surface area contributed by atoms with E-state index >= 15 is 0 Å². The van der Waals surface area contributed by atoms with Gasteiger partial charge in [-0.1, -0.05) is 53.7 Å². The Bertz CT molecular complexity index is 481. The zero-order chi connectivity index (χ0) is 18.0. The highest BCUT2D eigenvalue weighted by Crippen LogP contribution is 2.22. The van der Waals surface area contributed by atoms with Gasteiger partial charge in [-0.2, -0.15) is 0 Å². The normalized spacial score (nSPS) is 16.6. The summed E-state index contributed by atoms with van der Waals surface area (Å²) < 4.78 is 0. The van der Waals surface area contributed by atoms with Crippen molar-refractivity contribution in [3.05, 3.63) is 29.8 Å². The molecule has 1 aliphatic rings. The van der Waals surface area contributed by atoms with Crippen LogP contribution in [0.3, 0.4) is 0 Å². The van der Waals surface area contributed by atoms with E-state index in [9.17, 15) is 9.59 Å². The minimum atomic E-state index is -0.261. The molecular weight excluding hydrogens is 288 g/mol. The van der Waals surface area contributed by atoms with Crippen molar-refractivity contribution in [3.8, 4) is 0 Å². The molecule has 1 aliphatic heterocycles. The summed E-state index contributed by atoms with van der Waals surface area (Å²) in [5.41, 5.74) is 2.28. The number of hydrogen-bond acceptors (Lipinski definition) is 3. The minimum Gasteiger partial charge on any atom is -0.363 e. The quantitative estimate of drug-likeness (QED) is 0.853. The van der Waals surface area contributed by atoms with Gasteiger partial charge in [0.1, 0.15) is 6.04 Å². The molecule has 1 atom stereocenters. The molecule has 2 amide bonds. The van der Waals surface area contributed by atoms with E-state index in [0.717, 1.165) is 5.69 Å². The summed E-state index contributed by atoms with van der Waals surface area (Å²) in [4.78, 5) is 24.9. The van der Waals surface area contributed by atoms with Crippen LogP contribution in [0, 0.1) is 0 Å². The largest absolute Gasteiger partial charge is 0.363 e. The standard InChI is InChI=1S/C15H20N2O2.2C2H6/c1-10(2)11-4-6-12(7-5-11)17(3)13-8-9-14(18)16-15(13)19;2*1-2/h4-7,10,13H,8-9H2,1-3H3,(H,16,18,19);2*1-2H3. The molecule has 1 unspecified atom stereocenters. The average Bonchev–Trinajstić information content (AvgIpc) is 2.58. The van der Waals surface area contributed by atoms with Crippen molar-refractivity contribution >= 4 is 17.5 Å². The first-order chi connectivity index (χ1) is 11.0. The average molecular weight is 320 g/mol. The van der Waals surface area contributed by atoms with Crippen LogP contribution in [0.15, 0.2) is 24.3 Å². The second-order valence-electron chi connectivity index (χ2n) is 5.32. The van der Waals surface area contributed by atoms with Gasteiger partial charge in [0, 0.05) is 19.2 Å². The van der Waals surface area contributed by atoms with Gasteiger partial charge in [-0.25, -0.2) is 0 Å². The van der Waals surface area contributed by atoms with Crippen LogP contribution in [-0.2, 0) is 9.59 Å². The number of nitrogens with zero attached hydrogens (tertiary/aromatic N) is 1. The Morgan fingerprint density at radius 3 is 2.00 bits per heavy atom. The first-order valence-electron chi connectivity index (χ1n) is 8.65. The monoisotopic (exact) mass is 320 g/mol. The fraction of sp³-hybridized carbons (Fsp3) is 0.579. The van der Waals surface area contributed by atoms with E-state index in [0.29, 0.717) is 18.8 Å². The number of carbonyl (C=O) groups excluding carboxylic acids is 2. The van der Waals surface area contributed by atoms with Gasteiger partial charge >= 0.3 is 0 Å². The predicted octanol–water partition coefficient (Wildman–Crippen LogP) is 4.10. The molecule has 1 aromatic carbocycles. The summed E-state index contributed by atoms with van der Waals surface area (Å²) in [5, 5.41) is 2.39. The Balaban J connectivity index is 0.00000112. The lowest BCUT2D eigenvalue weighted by atomic mass is 10.0. The first kappa shape index (κ1) is 21.2. The number of hydrogen-bond donors (Lipinski definition) is 1. The number of amides is 2. The maximum Gasteiger partial charge on any atom is 0.249 e. The van der Waals surface area contributed by atoms with E-state index < -0.39 is 0 Å². The van der Waals surface area contributed by atoms with Gasteiger partial charge in [-0.15, -0.1) is 0 Å². The molecule has 0 aliphatic carbocycles. The van der Waals surface area contributed by atoms with E-state index in [2.05, 4.69) is 31.3 Å². The van der Waals surface area contributed by atoms with E-state index in [-0.39, 0.29) is 17.9 Å². The number of rotatable bonds is 3. The number of likely N-dealkylation sites (N-methyl/N-ethyl adjacent to an activating group) is 1. The van der Waals surface area contributed by atoms with Crippen LogP contribution in [0.1, 0.15) is 65.9 Å². The van der Waals surface area contributed by atoms with Gasteiger partial charge in [0.15, 0.2) is 0 Å². The predicted molar refractivity (Wildman–Crippen MR) is 97.8 cm³/mol. The van der Waals surface area contributed by atoms with E-state index in [4.69, 9.17) is 0 Å². The minimum absolute atomic E-state index is 0.176. The zero-order valence-corrected chi connectivity index (χ0v) is 15.6. The van der Waals surface area contributed by atoms with Crippen molar-refractivity contribution < 1.29 is 9.59 Å². The lowest BCUT2D eigenvalue weighted by molar-refractivity contribution is -0.134. The van der Waals surface area contributed by atoms with Crippen LogP contribution < -0.4 is 10.2 Å². The summed E-state index contributed by atoms with van der Waals surface area (Å²) in [6.45, 7) is 12.3. The maximum absolute atomic E-state index is 11.8. The fourth-order valence-corrected chi connectivity index (χ4v) is 2.33. The van der Waals surface area contributed by atoms with Crippen LogP contribution in [0.25, 0.3) is 0 Å². The lowest BCUT2D eigenvalue weighted by Gasteiger charge is -2.31. The molecule has 0 spiro atoms. The molecule has 0 aromatic heterocycles. The van der Waals surface area contributed by atoms with Crippen LogP contribution in [0.4, 0.5) is 5.69 Å². The molecule has 2 rings (SSSR count). The van der Waals surface area contributed by atoms with Crippen LogP contribution >= 0.6 is 0 Å². The lowest BCUT2D eigenvalue weighted by Crippen LogP contribution is -2.51. The summed E-state index contributed by atoms with van der Waals surface area (Å²) in [5.74, 6) is 0.117. The molecule has 0 saturated carbocycles. The fourth-order valence-electron chi connectivity index (χ4n) is 2.33. The van der Waals surface area contributed by atoms with Crippen molar-refractivity contribution in [1.29, 1.82) is 0 Å². The highest BCUT2D eigenvalue weighted by molar-refractivity contribution is 6.01. The Kier molecular flexibility index (Phi) is 9.95. The van der Waals surface area contributed by atoms with E-state index in [1.165, 1.54) is 5.56 Å². The molecule has 1 saturated heterocycles. The third kappa shape index (κ3) is 6.05. The smallest absolute Gasteiger partial charge is 0.249 e. The van der Waals surface area contributed by atoms with Gasteiger partial charge in [0.05, 0.1) is 0 Å². The number of nitrogens with one attached hydrogen (secondary N) is 1. The highest BCUT2D eigenvalue weighted by atomic mass is 16.2. The molecule has 0 bridgehead atoms. The summed E-state index contributed by atoms with van der Waals surface area (Å²) >= 11 is 0. The molecule has 0 radical (unpaired) electrons. The SMILES string of the molecule is CC.CC.CC(C)c1ccc(N(C)C2CCC(=O)NC2=O)cc1. The van der Waals surface area contributed by atoms with Gasteiger partial charge < -0.3 is 4.90 Å². The molecule has 1 aromatic rings. The Morgan fingerprint density at radius 1 is 1.04 bits per heavy atom. The maximum atomic E-state index is 11.8. The van der Waals surface area contributed by atoms with Crippen LogP contribution in [0.5, 0.6) is 0 Å². The van der Waals surface area contributed by atoms with Crippen molar-refractivity contribution in [2.45, 2.75) is 66.3 Å². The zero-order valence-electron chi connectivity index (χ0n) is 15.6. The van der Waals surface area contributed by atoms with Crippen molar-refractivity contribution in [1.82, 2.24) is 5.32 Å². The number of anilines is 1. The number of benzene rings is 1. The Hall–Kier alpha value is -1.84. The number of piperidine rings is 1.